The molecule has 1 aromatic heterocycles. The summed E-state index contributed by atoms with van der Waals surface area (Å²) >= 11 is 0. The Hall–Kier alpha value is -2.14. The number of ether oxygens (including phenoxy) is 1. The summed E-state index contributed by atoms with van der Waals surface area (Å²) < 4.78 is 4.80. The van der Waals surface area contributed by atoms with E-state index in [9.17, 15) is 14.7 Å². The van der Waals surface area contributed by atoms with Crippen LogP contribution < -0.4 is 5.56 Å². The number of cyclic esters (lactones) is 1. The second-order valence-electron chi connectivity index (χ2n) is 4.12. The number of hydrogen-bond acceptors (Lipinski definition) is 4. The third-order valence-corrected chi connectivity index (χ3v) is 2.88. The number of para-hydroxylation sites is 1. The number of aliphatic hydroxyl groups is 1. The van der Waals surface area contributed by atoms with Gasteiger partial charge in [0.25, 0.3) is 5.56 Å². The van der Waals surface area contributed by atoms with E-state index in [0.29, 0.717) is 10.9 Å². The van der Waals surface area contributed by atoms with Crippen LogP contribution in [0, 0.1) is 0 Å². The third-order valence-electron chi connectivity index (χ3n) is 2.88. The van der Waals surface area contributed by atoms with E-state index in [4.69, 9.17) is 4.74 Å². The standard InChI is InChI=1S/C12H9NO4/c1-12(16)9-8(11(15)17-12)6-4-2-3-5-7(6)13-10(9)14/h2-5,16H,1H3,(H,13,14)/t12-/m0/s1. The van der Waals surface area contributed by atoms with Gasteiger partial charge >= 0.3 is 5.97 Å². The Balaban J connectivity index is 2.55. The molecule has 2 N–H and O–H groups in total. The third kappa shape index (κ3) is 1.23. The minimum Gasteiger partial charge on any atom is -0.425 e. The van der Waals surface area contributed by atoms with Crippen molar-refractivity contribution in [2.45, 2.75) is 12.7 Å². The molecule has 0 saturated heterocycles. The molecule has 2 heterocycles. The summed E-state index contributed by atoms with van der Waals surface area (Å²) in [6, 6.07) is 6.90. The average molecular weight is 231 g/mol. The summed E-state index contributed by atoms with van der Waals surface area (Å²) in [5.74, 6) is -2.53. The largest absolute Gasteiger partial charge is 0.425 e. The summed E-state index contributed by atoms with van der Waals surface area (Å²) in [7, 11) is 0. The molecule has 5 heteroatoms. The molecule has 0 unspecified atom stereocenters. The molecule has 0 amide bonds. The number of esters is 1. The van der Waals surface area contributed by atoms with E-state index in [0.717, 1.165) is 0 Å². The van der Waals surface area contributed by atoms with E-state index in [1.54, 1.807) is 24.3 Å². The normalized spacial score (nSPS) is 22.6. The number of fused-ring (bicyclic) bond motifs is 3. The lowest BCUT2D eigenvalue weighted by Gasteiger charge is -2.14. The second-order valence-corrected chi connectivity index (χ2v) is 4.12. The van der Waals surface area contributed by atoms with E-state index in [-0.39, 0.29) is 11.1 Å². The summed E-state index contributed by atoms with van der Waals surface area (Å²) in [4.78, 5) is 26.2. The number of aromatic amines is 1. The van der Waals surface area contributed by atoms with Crippen molar-refractivity contribution in [3.05, 3.63) is 45.7 Å². The molecule has 17 heavy (non-hydrogen) atoms. The Morgan fingerprint density at radius 3 is 2.76 bits per heavy atom. The van der Waals surface area contributed by atoms with Crippen LogP contribution in [0.4, 0.5) is 0 Å². The molecule has 2 aromatic rings. The zero-order valence-electron chi connectivity index (χ0n) is 8.98. The van der Waals surface area contributed by atoms with Gasteiger partial charge in [-0.15, -0.1) is 0 Å². The first-order valence-electron chi connectivity index (χ1n) is 5.12. The van der Waals surface area contributed by atoms with Gasteiger partial charge in [0.2, 0.25) is 5.79 Å². The lowest BCUT2D eigenvalue weighted by atomic mass is 10.0. The lowest BCUT2D eigenvalue weighted by Crippen LogP contribution is -2.28. The minimum atomic E-state index is -1.86. The predicted molar refractivity (Wildman–Crippen MR) is 59.6 cm³/mol. The molecule has 0 saturated carbocycles. The zero-order valence-corrected chi connectivity index (χ0v) is 8.98. The quantitative estimate of drug-likeness (QED) is 0.659. The first-order valence-corrected chi connectivity index (χ1v) is 5.12. The molecule has 1 aromatic carbocycles. The van der Waals surface area contributed by atoms with Gasteiger partial charge in [0.15, 0.2) is 0 Å². The molecule has 0 bridgehead atoms. The maximum absolute atomic E-state index is 11.8. The first kappa shape index (κ1) is 10.0. The molecule has 5 nitrogen and oxygen atoms in total. The second kappa shape index (κ2) is 2.95. The highest BCUT2D eigenvalue weighted by molar-refractivity contribution is 6.06. The van der Waals surface area contributed by atoms with Gasteiger partial charge in [0, 0.05) is 17.8 Å². The molecular weight excluding hydrogens is 222 g/mol. The number of rotatable bonds is 0. The molecule has 0 spiro atoms. The van der Waals surface area contributed by atoms with Crippen LogP contribution in [0.5, 0.6) is 0 Å². The fourth-order valence-electron chi connectivity index (χ4n) is 2.18. The van der Waals surface area contributed by atoms with Gasteiger partial charge in [-0.05, 0) is 6.07 Å². The van der Waals surface area contributed by atoms with E-state index in [1.807, 2.05) is 0 Å². The molecule has 0 fully saturated rings. The number of hydrogen-bond donors (Lipinski definition) is 2. The lowest BCUT2D eigenvalue weighted by molar-refractivity contribution is -0.148. The molecule has 3 rings (SSSR count). The van der Waals surface area contributed by atoms with Crippen molar-refractivity contribution in [2.24, 2.45) is 0 Å². The van der Waals surface area contributed by atoms with Crippen LogP contribution in [0.25, 0.3) is 10.9 Å². The fraction of sp³-hybridized carbons (Fsp3) is 0.167. The van der Waals surface area contributed by atoms with Crippen LogP contribution in [-0.2, 0) is 10.5 Å². The number of benzene rings is 1. The Bertz CT molecular complexity index is 699. The number of carbonyl (C=O) groups is 1. The van der Waals surface area contributed by atoms with Gasteiger partial charge in [0.05, 0.1) is 5.56 Å². The van der Waals surface area contributed by atoms with Crippen LogP contribution >= 0.6 is 0 Å². The van der Waals surface area contributed by atoms with E-state index >= 15 is 0 Å². The van der Waals surface area contributed by atoms with Gasteiger partial charge in [-0.3, -0.25) is 4.79 Å². The van der Waals surface area contributed by atoms with Crippen LogP contribution in [0.2, 0.25) is 0 Å². The van der Waals surface area contributed by atoms with Crippen LogP contribution in [0.3, 0.4) is 0 Å². The van der Waals surface area contributed by atoms with Crippen molar-refractivity contribution < 1.29 is 14.6 Å². The minimum absolute atomic E-state index is 0.0267. The molecule has 1 atom stereocenters. The number of H-pyrrole nitrogens is 1. The van der Waals surface area contributed by atoms with Crippen molar-refractivity contribution >= 4 is 16.9 Å². The predicted octanol–water partition coefficient (Wildman–Crippen LogP) is 0.864. The van der Waals surface area contributed by atoms with E-state index < -0.39 is 17.3 Å². The van der Waals surface area contributed by atoms with Crippen molar-refractivity contribution in [3.8, 4) is 0 Å². The Kier molecular flexibility index (Phi) is 1.74. The summed E-state index contributed by atoms with van der Waals surface area (Å²) in [5, 5.41) is 10.5. The Labute approximate surface area is 95.7 Å². The van der Waals surface area contributed by atoms with Crippen molar-refractivity contribution in [1.82, 2.24) is 4.98 Å². The summed E-state index contributed by atoms with van der Waals surface area (Å²) in [5.41, 5.74) is 0.163. The highest BCUT2D eigenvalue weighted by atomic mass is 16.7. The summed E-state index contributed by atoms with van der Waals surface area (Å²) in [6.07, 6.45) is 0. The summed E-state index contributed by atoms with van der Waals surface area (Å²) in [6.45, 7) is 1.28. The smallest absolute Gasteiger partial charge is 0.342 e. The highest BCUT2D eigenvalue weighted by Gasteiger charge is 2.43. The molecule has 0 radical (unpaired) electrons. The molecule has 1 aliphatic heterocycles. The number of aromatic nitrogens is 1. The zero-order chi connectivity index (χ0) is 12.2. The van der Waals surface area contributed by atoms with Crippen molar-refractivity contribution in [2.75, 3.05) is 0 Å². The van der Waals surface area contributed by atoms with E-state index in [1.165, 1.54) is 6.92 Å². The van der Waals surface area contributed by atoms with Gasteiger partial charge in [0.1, 0.15) is 5.56 Å². The van der Waals surface area contributed by atoms with Gasteiger partial charge in [-0.25, -0.2) is 4.79 Å². The van der Waals surface area contributed by atoms with Gasteiger partial charge in [-0.1, -0.05) is 18.2 Å². The van der Waals surface area contributed by atoms with Gasteiger partial charge in [-0.2, -0.15) is 0 Å². The van der Waals surface area contributed by atoms with Crippen LogP contribution in [-0.4, -0.2) is 16.1 Å². The molecule has 86 valence electrons. The average Bonchev–Trinajstić information content (AvgIpc) is 2.50. The van der Waals surface area contributed by atoms with E-state index in [2.05, 4.69) is 4.98 Å². The highest BCUT2D eigenvalue weighted by Crippen LogP contribution is 2.34. The first-order chi connectivity index (χ1) is 8.00. The molecule has 1 aliphatic rings. The molecular formula is C12H9NO4. The van der Waals surface area contributed by atoms with Crippen LogP contribution in [0.15, 0.2) is 29.1 Å². The number of carbonyl (C=O) groups excluding carboxylic acids is 1. The van der Waals surface area contributed by atoms with Gasteiger partial charge < -0.3 is 14.8 Å². The van der Waals surface area contributed by atoms with Crippen molar-refractivity contribution in [1.29, 1.82) is 0 Å². The van der Waals surface area contributed by atoms with Crippen molar-refractivity contribution in [3.63, 3.8) is 0 Å². The maximum Gasteiger partial charge on any atom is 0.342 e. The fourth-order valence-corrected chi connectivity index (χ4v) is 2.18. The SMILES string of the molecule is C[C@]1(O)OC(=O)c2c1c(=O)[nH]c1ccccc21. The topological polar surface area (TPSA) is 79.4 Å². The Morgan fingerprint density at radius 1 is 1.29 bits per heavy atom. The number of nitrogens with one attached hydrogen (secondary N) is 1. The number of pyridine rings is 1. The van der Waals surface area contributed by atoms with Crippen LogP contribution in [0.1, 0.15) is 22.8 Å². The maximum atomic E-state index is 11.8. The molecule has 0 aliphatic carbocycles. The monoisotopic (exact) mass is 231 g/mol. The Morgan fingerprint density at radius 2 is 2.00 bits per heavy atom.